The first kappa shape index (κ1) is 29.3. The van der Waals surface area contributed by atoms with Gasteiger partial charge in [0.15, 0.2) is 0 Å². The molecule has 37 heavy (non-hydrogen) atoms. The summed E-state index contributed by atoms with van der Waals surface area (Å²) in [5.74, 6) is 1.73. The molecule has 0 bridgehead atoms. The van der Waals surface area contributed by atoms with Crippen molar-refractivity contribution in [3.8, 4) is 0 Å². The van der Waals surface area contributed by atoms with Crippen LogP contribution in [0, 0.1) is 45.3 Å². The van der Waals surface area contributed by atoms with Gasteiger partial charge < -0.3 is 20.1 Å². The van der Waals surface area contributed by atoms with Crippen LogP contribution < -0.4 is 0 Å². The number of rotatable bonds is 6. The number of aliphatic hydroxyl groups excluding tert-OH is 1. The van der Waals surface area contributed by atoms with Crippen LogP contribution in [-0.2, 0) is 9.53 Å². The number of hydrogen-bond acceptors (Lipinski definition) is 5. The van der Waals surface area contributed by atoms with Gasteiger partial charge in [0.1, 0.15) is 6.10 Å². The minimum atomic E-state index is -1.15. The Labute approximate surface area is 226 Å². The number of carbonyl (C=O) groups excluding carboxylic acids is 1. The van der Waals surface area contributed by atoms with Gasteiger partial charge in [-0.2, -0.15) is 0 Å². The van der Waals surface area contributed by atoms with Crippen LogP contribution in [0.5, 0.6) is 0 Å². The Balaban J connectivity index is 1.57. The van der Waals surface area contributed by atoms with E-state index in [1.807, 2.05) is 6.92 Å². The lowest BCUT2D eigenvalue weighted by atomic mass is 9.35. The van der Waals surface area contributed by atoms with Gasteiger partial charge in [0.25, 0.3) is 0 Å². The Morgan fingerprint density at radius 1 is 0.892 bits per heavy atom. The van der Waals surface area contributed by atoms with Crippen LogP contribution in [-0.4, -0.2) is 44.7 Å². The van der Waals surface area contributed by atoms with Gasteiger partial charge in [-0.05, 0) is 125 Å². The van der Waals surface area contributed by atoms with Crippen molar-refractivity contribution < 1.29 is 24.9 Å². The summed E-state index contributed by atoms with van der Waals surface area (Å²) in [5, 5.41) is 32.4. The van der Waals surface area contributed by atoms with Crippen LogP contribution in [0.2, 0.25) is 0 Å². The van der Waals surface area contributed by atoms with Gasteiger partial charge in [-0.25, -0.2) is 0 Å². The zero-order valence-corrected chi connectivity index (χ0v) is 25.2. The topological polar surface area (TPSA) is 87.0 Å². The lowest BCUT2D eigenvalue weighted by molar-refractivity contribution is -0.230. The molecule has 10 atom stereocenters. The van der Waals surface area contributed by atoms with Crippen LogP contribution in [0.1, 0.15) is 127 Å². The second kappa shape index (κ2) is 9.20. The molecule has 0 aromatic heterocycles. The summed E-state index contributed by atoms with van der Waals surface area (Å²) < 4.78 is 5.86. The average Bonchev–Trinajstić information content (AvgIpc) is 3.12. The predicted octanol–water partition coefficient (Wildman–Crippen LogP) is 6.27. The highest BCUT2D eigenvalue weighted by Gasteiger charge is 2.69. The second-order valence-corrected chi connectivity index (χ2v) is 15.8. The van der Waals surface area contributed by atoms with E-state index in [1.54, 1.807) is 20.8 Å². The van der Waals surface area contributed by atoms with Crippen molar-refractivity contribution in [1.82, 2.24) is 0 Å². The lowest BCUT2D eigenvalue weighted by Crippen LogP contribution is -2.64. The molecule has 5 nitrogen and oxygen atoms in total. The first-order valence-electron chi connectivity index (χ1n) is 15.1. The van der Waals surface area contributed by atoms with Gasteiger partial charge in [-0.3, -0.25) is 4.79 Å². The third kappa shape index (κ3) is 4.51. The molecule has 5 heteroatoms. The fourth-order valence-corrected chi connectivity index (χ4v) is 10.8. The van der Waals surface area contributed by atoms with Crippen molar-refractivity contribution in [3.63, 3.8) is 0 Å². The zero-order valence-electron chi connectivity index (χ0n) is 25.2. The summed E-state index contributed by atoms with van der Waals surface area (Å²) in [5.41, 5.74) is -1.38. The van der Waals surface area contributed by atoms with E-state index in [4.69, 9.17) is 4.74 Å². The standard InChI is InChI=1S/C32H56O5/c1-20(33)37-26-15-16-29(6)23(27(26,2)3)13-18-31(8)24(29)11-10-21-22(12-17-30(21,31)7)32(9,36)19-14-25(34)28(4,5)35/h21-26,34-36H,10-19H2,1-9H3/t21-,22+,23+,24-,25?,26?,29+,30-,31-,32+/m1/s1. The Bertz CT molecular complexity index is 873. The molecule has 0 aromatic rings. The highest BCUT2D eigenvalue weighted by Crippen LogP contribution is 2.75. The zero-order chi connectivity index (χ0) is 27.8. The van der Waals surface area contributed by atoms with Crippen molar-refractivity contribution in [3.05, 3.63) is 0 Å². The molecule has 214 valence electrons. The Morgan fingerprint density at radius 3 is 2.11 bits per heavy atom. The second-order valence-electron chi connectivity index (χ2n) is 15.8. The minimum absolute atomic E-state index is 0.00423. The van der Waals surface area contributed by atoms with E-state index in [9.17, 15) is 20.1 Å². The Kier molecular flexibility index (Phi) is 7.29. The molecule has 4 fully saturated rings. The van der Waals surface area contributed by atoms with Crippen LogP contribution in [0.4, 0.5) is 0 Å². The van der Waals surface area contributed by atoms with Gasteiger partial charge >= 0.3 is 5.97 Å². The number of ether oxygens (including phenoxy) is 1. The minimum Gasteiger partial charge on any atom is -0.462 e. The molecule has 0 heterocycles. The number of aliphatic hydroxyl groups is 3. The van der Waals surface area contributed by atoms with E-state index in [2.05, 4.69) is 34.6 Å². The molecular formula is C32H56O5. The van der Waals surface area contributed by atoms with E-state index < -0.39 is 17.3 Å². The molecule has 0 spiro atoms. The molecule has 4 aliphatic rings. The van der Waals surface area contributed by atoms with Crippen LogP contribution in [0.25, 0.3) is 0 Å². The summed E-state index contributed by atoms with van der Waals surface area (Å²) >= 11 is 0. The summed E-state index contributed by atoms with van der Waals surface area (Å²) in [7, 11) is 0. The largest absolute Gasteiger partial charge is 0.462 e. The summed E-state index contributed by atoms with van der Waals surface area (Å²) in [6.45, 7) is 19.1. The quantitative estimate of drug-likeness (QED) is 0.360. The molecule has 4 rings (SSSR count). The maximum absolute atomic E-state index is 11.9. The average molecular weight is 521 g/mol. The summed E-state index contributed by atoms with van der Waals surface area (Å²) in [6, 6.07) is 0. The SMILES string of the molecule is CC(=O)OC1CC[C@]2(C)[C@H]3CC[C@@H]4[C@@H]([C@@](C)(O)CCC(O)C(C)(C)O)CC[C@@]4(C)[C@]3(C)CC[C@H]2C1(C)C. The smallest absolute Gasteiger partial charge is 0.302 e. The molecular weight excluding hydrogens is 464 g/mol. The molecule has 4 saturated carbocycles. The van der Waals surface area contributed by atoms with Crippen molar-refractivity contribution in [2.75, 3.05) is 0 Å². The third-order valence-electron chi connectivity index (χ3n) is 13.2. The fourth-order valence-electron chi connectivity index (χ4n) is 10.8. The van der Waals surface area contributed by atoms with Crippen LogP contribution in [0.15, 0.2) is 0 Å². The highest BCUT2D eigenvalue weighted by molar-refractivity contribution is 5.66. The maximum atomic E-state index is 11.9. The van der Waals surface area contributed by atoms with Crippen molar-refractivity contribution in [2.24, 2.45) is 45.3 Å². The third-order valence-corrected chi connectivity index (χ3v) is 13.2. The number of fused-ring (bicyclic) bond motifs is 5. The Hall–Kier alpha value is -0.650. The van der Waals surface area contributed by atoms with Crippen molar-refractivity contribution in [2.45, 2.75) is 150 Å². The van der Waals surface area contributed by atoms with Gasteiger partial charge in [0.2, 0.25) is 0 Å². The van der Waals surface area contributed by atoms with Crippen LogP contribution in [0.3, 0.4) is 0 Å². The van der Waals surface area contributed by atoms with E-state index in [-0.39, 0.29) is 39.7 Å². The van der Waals surface area contributed by atoms with Gasteiger partial charge in [0.05, 0.1) is 17.3 Å². The predicted molar refractivity (Wildman–Crippen MR) is 147 cm³/mol. The van der Waals surface area contributed by atoms with E-state index in [1.165, 1.54) is 19.3 Å². The first-order valence-corrected chi connectivity index (χ1v) is 15.1. The normalized spacial score (nSPS) is 45.7. The number of esters is 1. The first-order chi connectivity index (χ1) is 16.8. The fraction of sp³-hybridized carbons (Fsp3) is 0.969. The molecule has 0 aliphatic heterocycles. The maximum Gasteiger partial charge on any atom is 0.302 e. The molecule has 0 saturated heterocycles. The molecule has 0 amide bonds. The monoisotopic (exact) mass is 520 g/mol. The Morgan fingerprint density at radius 2 is 1.51 bits per heavy atom. The molecule has 0 aromatic carbocycles. The lowest BCUT2D eigenvalue weighted by Gasteiger charge is -2.70. The van der Waals surface area contributed by atoms with Crippen molar-refractivity contribution >= 4 is 5.97 Å². The van der Waals surface area contributed by atoms with Gasteiger partial charge in [-0.1, -0.05) is 34.6 Å². The molecule has 2 unspecified atom stereocenters. The summed E-state index contributed by atoms with van der Waals surface area (Å²) in [4.78, 5) is 11.9. The van der Waals surface area contributed by atoms with Gasteiger partial charge in [0, 0.05) is 12.3 Å². The van der Waals surface area contributed by atoms with Crippen LogP contribution >= 0.6 is 0 Å². The molecule has 3 N–H and O–H groups in total. The van der Waals surface area contributed by atoms with E-state index >= 15 is 0 Å². The number of carbonyl (C=O) groups is 1. The number of hydrogen-bond donors (Lipinski definition) is 3. The van der Waals surface area contributed by atoms with Gasteiger partial charge in [-0.15, -0.1) is 0 Å². The van der Waals surface area contributed by atoms with E-state index in [0.29, 0.717) is 30.6 Å². The molecule has 4 aliphatic carbocycles. The van der Waals surface area contributed by atoms with Crippen molar-refractivity contribution in [1.29, 1.82) is 0 Å². The molecule has 0 radical (unpaired) electrons. The van der Waals surface area contributed by atoms with E-state index in [0.717, 1.165) is 32.1 Å². The highest BCUT2D eigenvalue weighted by atomic mass is 16.5. The summed E-state index contributed by atoms with van der Waals surface area (Å²) in [6.07, 6.45) is 9.10.